The molecule has 8 heteroatoms. The van der Waals surface area contributed by atoms with Gasteiger partial charge in [0.1, 0.15) is 29.8 Å². The van der Waals surface area contributed by atoms with Crippen molar-refractivity contribution in [1.82, 2.24) is 5.01 Å². The number of carbonyl (C=O) groups is 1. The Hall–Kier alpha value is -4.17. The molecule has 3 aromatic rings. The van der Waals surface area contributed by atoms with Crippen molar-refractivity contribution in [3.63, 3.8) is 0 Å². The number of aliphatic imine (C=N–C) groups is 1. The van der Waals surface area contributed by atoms with Crippen LogP contribution in [0.1, 0.15) is 16.7 Å². The number of benzene rings is 3. The molecule has 0 saturated carbocycles. The van der Waals surface area contributed by atoms with E-state index >= 15 is 0 Å². The van der Waals surface area contributed by atoms with Crippen LogP contribution in [-0.4, -0.2) is 40.2 Å². The third-order valence-corrected chi connectivity index (χ3v) is 6.40. The van der Waals surface area contributed by atoms with Crippen LogP contribution in [0.25, 0.3) is 6.08 Å². The summed E-state index contributed by atoms with van der Waals surface area (Å²) < 4.78 is 11.5. The Morgan fingerprint density at radius 2 is 1.69 bits per heavy atom. The molecule has 2 heterocycles. The largest absolute Gasteiger partial charge is 0.490 e. The van der Waals surface area contributed by atoms with Crippen molar-refractivity contribution in [3.05, 3.63) is 101 Å². The molecule has 0 spiro atoms. The fraction of sp³-hybridized carbons (Fsp3) is 0.143. The second-order valence-electron chi connectivity index (χ2n) is 8.26. The number of hydrogen-bond acceptors (Lipinski definition) is 6. The number of nitrogens with one attached hydrogen (secondary N) is 1. The van der Waals surface area contributed by atoms with Crippen LogP contribution >= 0.6 is 11.8 Å². The summed E-state index contributed by atoms with van der Waals surface area (Å²) in [5.74, 6) is 1.10. The van der Waals surface area contributed by atoms with Gasteiger partial charge < -0.3 is 9.47 Å². The van der Waals surface area contributed by atoms with Gasteiger partial charge >= 0.3 is 0 Å². The van der Waals surface area contributed by atoms with E-state index in [1.54, 1.807) is 6.08 Å². The molecule has 2 aliphatic rings. The highest BCUT2D eigenvalue weighted by molar-refractivity contribution is 8.26. The van der Waals surface area contributed by atoms with Crippen molar-refractivity contribution in [2.75, 3.05) is 13.2 Å². The fourth-order valence-corrected chi connectivity index (χ4v) is 4.64. The zero-order valence-corrected chi connectivity index (χ0v) is 20.5. The van der Waals surface area contributed by atoms with E-state index in [0.717, 1.165) is 27.5 Å². The lowest BCUT2D eigenvalue weighted by molar-refractivity contribution is -0.114. The lowest BCUT2D eigenvalue weighted by atomic mass is 10.1. The van der Waals surface area contributed by atoms with Crippen molar-refractivity contribution >= 4 is 39.8 Å². The van der Waals surface area contributed by atoms with Crippen LogP contribution in [0.5, 0.6) is 11.5 Å². The van der Waals surface area contributed by atoms with Crippen LogP contribution in [0.15, 0.2) is 94.5 Å². The predicted octanol–water partition coefficient (Wildman–Crippen LogP) is 5.31. The number of ether oxygens (including phenoxy) is 2. The zero-order chi connectivity index (χ0) is 24.9. The molecule has 0 unspecified atom stereocenters. The molecule has 2 aliphatic heterocycles. The summed E-state index contributed by atoms with van der Waals surface area (Å²) in [6.07, 6.45) is 2.28. The first-order valence-electron chi connectivity index (χ1n) is 11.5. The number of amides is 1. The van der Waals surface area contributed by atoms with E-state index in [9.17, 15) is 4.79 Å². The van der Waals surface area contributed by atoms with Gasteiger partial charge in [-0.15, -0.1) is 0 Å². The van der Waals surface area contributed by atoms with Gasteiger partial charge in [0, 0.05) is 6.42 Å². The van der Waals surface area contributed by atoms with Crippen molar-refractivity contribution in [2.24, 2.45) is 10.1 Å². The number of hydrazone groups is 1. The van der Waals surface area contributed by atoms with Crippen LogP contribution in [0.4, 0.5) is 0 Å². The van der Waals surface area contributed by atoms with E-state index in [1.165, 1.54) is 16.8 Å². The first-order valence-corrected chi connectivity index (χ1v) is 12.3. The number of carbonyl (C=O) groups excluding carboxylic acids is 1. The predicted molar refractivity (Wildman–Crippen MR) is 144 cm³/mol. The van der Waals surface area contributed by atoms with Gasteiger partial charge in [-0.25, -0.2) is 0 Å². The normalized spacial score (nSPS) is 16.0. The summed E-state index contributed by atoms with van der Waals surface area (Å²) in [6.45, 7) is 2.86. The Morgan fingerprint density at radius 3 is 2.44 bits per heavy atom. The summed E-state index contributed by atoms with van der Waals surface area (Å²) in [7, 11) is 0. The van der Waals surface area contributed by atoms with E-state index < -0.39 is 5.91 Å². The molecule has 0 bridgehead atoms. The summed E-state index contributed by atoms with van der Waals surface area (Å²) in [6, 6.07) is 25.2. The number of aryl methyl sites for hydroxylation is 1. The summed E-state index contributed by atoms with van der Waals surface area (Å²) >= 11 is 1.33. The molecule has 1 N–H and O–H groups in total. The maximum Gasteiger partial charge on any atom is 0.283 e. The molecule has 5 rings (SSSR count). The minimum atomic E-state index is -0.441. The molecule has 0 atom stereocenters. The third-order valence-electron chi connectivity index (χ3n) is 5.50. The van der Waals surface area contributed by atoms with E-state index in [-0.39, 0.29) is 11.4 Å². The average Bonchev–Trinajstić information content (AvgIpc) is 3.28. The number of nitrogens with zero attached hydrogens (tertiary/aromatic N) is 3. The minimum Gasteiger partial charge on any atom is -0.490 e. The van der Waals surface area contributed by atoms with Crippen molar-refractivity contribution in [3.8, 4) is 11.5 Å². The number of thioether (sulfide) groups is 1. The second kappa shape index (κ2) is 10.6. The first kappa shape index (κ1) is 23.6. The van der Waals surface area contributed by atoms with Gasteiger partial charge in [-0.1, -0.05) is 54.6 Å². The van der Waals surface area contributed by atoms with Crippen molar-refractivity contribution in [2.45, 2.75) is 13.3 Å². The highest BCUT2D eigenvalue weighted by Gasteiger charge is 2.35. The maximum absolute atomic E-state index is 12.7. The SMILES string of the molecule is Cc1cccc(OCCOc2ccc(/C=C3/C(=N)N4N=C(Cc5ccccc5)SC4=NC3=O)cc2)c1. The van der Waals surface area contributed by atoms with Gasteiger partial charge in [0.25, 0.3) is 5.91 Å². The molecule has 0 saturated heterocycles. The number of amidine groups is 2. The quantitative estimate of drug-likeness (QED) is 0.337. The molecule has 1 amide bonds. The van der Waals surface area contributed by atoms with Crippen LogP contribution < -0.4 is 9.47 Å². The topological polar surface area (TPSA) is 87.3 Å². The lowest BCUT2D eigenvalue weighted by Gasteiger charge is -2.20. The van der Waals surface area contributed by atoms with Crippen LogP contribution in [0.2, 0.25) is 0 Å². The van der Waals surface area contributed by atoms with E-state index in [0.29, 0.717) is 30.6 Å². The van der Waals surface area contributed by atoms with Gasteiger partial charge in [-0.05, 0) is 65.7 Å². The van der Waals surface area contributed by atoms with Crippen LogP contribution in [-0.2, 0) is 11.2 Å². The smallest absolute Gasteiger partial charge is 0.283 e. The molecule has 0 fully saturated rings. The Kier molecular flexibility index (Phi) is 6.95. The molecule has 3 aromatic carbocycles. The van der Waals surface area contributed by atoms with Crippen molar-refractivity contribution in [1.29, 1.82) is 5.41 Å². The maximum atomic E-state index is 12.7. The first-order chi connectivity index (χ1) is 17.5. The van der Waals surface area contributed by atoms with Crippen LogP contribution in [0.3, 0.4) is 0 Å². The molecule has 180 valence electrons. The van der Waals surface area contributed by atoms with Crippen molar-refractivity contribution < 1.29 is 14.3 Å². The number of hydrogen-bond donors (Lipinski definition) is 1. The fourth-order valence-electron chi connectivity index (χ4n) is 3.72. The van der Waals surface area contributed by atoms with E-state index in [4.69, 9.17) is 14.9 Å². The van der Waals surface area contributed by atoms with Gasteiger partial charge in [-0.3, -0.25) is 10.2 Å². The number of rotatable bonds is 8. The molecule has 0 radical (unpaired) electrons. The average molecular weight is 497 g/mol. The summed E-state index contributed by atoms with van der Waals surface area (Å²) in [5.41, 5.74) is 3.23. The summed E-state index contributed by atoms with van der Waals surface area (Å²) in [5, 5.41) is 15.7. The Balaban J connectivity index is 1.20. The molecule has 7 nitrogen and oxygen atoms in total. The van der Waals surface area contributed by atoms with Gasteiger partial charge in [0.15, 0.2) is 5.84 Å². The summed E-state index contributed by atoms with van der Waals surface area (Å²) in [4.78, 5) is 16.8. The molecule has 0 aliphatic carbocycles. The highest BCUT2D eigenvalue weighted by atomic mass is 32.2. The van der Waals surface area contributed by atoms with Gasteiger partial charge in [0.2, 0.25) is 5.17 Å². The molecular weight excluding hydrogens is 472 g/mol. The van der Waals surface area contributed by atoms with Gasteiger partial charge in [0.05, 0.1) is 5.57 Å². The monoisotopic (exact) mass is 496 g/mol. The Morgan fingerprint density at radius 1 is 0.944 bits per heavy atom. The highest BCUT2D eigenvalue weighted by Crippen LogP contribution is 2.29. The van der Waals surface area contributed by atoms with E-state index in [1.807, 2.05) is 85.8 Å². The zero-order valence-electron chi connectivity index (χ0n) is 19.7. The Bertz CT molecular complexity index is 1380. The van der Waals surface area contributed by atoms with Crippen LogP contribution in [0, 0.1) is 12.3 Å². The number of fused-ring (bicyclic) bond motifs is 1. The standard InChI is InChI=1S/C28H24N4O3S/c1-19-6-5-9-23(16-19)35-15-14-34-22-12-10-21(11-13-22)17-24-26(29)32-28(30-27(24)33)36-25(31-32)18-20-7-3-2-4-8-20/h2-13,16-17,29H,14-15,18H2,1H3/b24-17-,29-26?. The molecule has 0 aromatic heterocycles. The second-order valence-corrected chi connectivity index (χ2v) is 9.30. The Labute approximate surface area is 213 Å². The molecule has 36 heavy (non-hydrogen) atoms. The third kappa shape index (κ3) is 5.55. The van der Waals surface area contributed by atoms with E-state index in [2.05, 4.69) is 10.1 Å². The lowest BCUT2D eigenvalue weighted by Crippen LogP contribution is -2.35. The minimum absolute atomic E-state index is 0.0224. The molecular formula is C28H24N4O3S. The van der Waals surface area contributed by atoms with Gasteiger partial charge in [-0.2, -0.15) is 15.1 Å².